The monoisotopic (exact) mass is 944 g/mol. The summed E-state index contributed by atoms with van der Waals surface area (Å²) in [6.07, 6.45) is 3.17. The van der Waals surface area contributed by atoms with Crippen LogP contribution < -0.4 is 20.6 Å². The fourth-order valence-corrected chi connectivity index (χ4v) is 8.50. The molecule has 0 radical (unpaired) electrons. The molecule has 4 heterocycles. The Morgan fingerprint density at radius 2 is 0.778 bits per heavy atom. The van der Waals surface area contributed by atoms with E-state index >= 15 is 0 Å². The number of benzene rings is 8. The van der Waals surface area contributed by atoms with Crippen LogP contribution in [-0.2, 0) is 0 Å². The Hall–Kier alpha value is -10.4. The summed E-state index contributed by atoms with van der Waals surface area (Å²) >= 11 is 0. The molecule has 0 aliphatic heterocycles. The Morgan fingerprint density at radius 3 is 1.15 bits per heavy atom. The quantitative estimate of drug-likeness (QED) is 0.146. The zero-order valence-electron chi connectivity index (χ0n) is 37.6. The number of para-hydroxylation sites is 2. The Balaban J connectivity index is 0.000000156. The van der Waals surface area contributed by atoms with Gasteiger partial charge in [0.05, 0.1) is 22.5 Å². The van der Waals surface area contributed by atoms with Gasteiger partial charge in [-0.05, 0) is 119 Å². The SMILES string of the molecule is N#Cc1cn(-c2ccccc2)c2c(=O)n(-c3ccc(F)cc3)c(Oc3ccc4ccccc4c3)nc12.N#Cc1cn(-c2ccccc2)c2c(=O)n(-c3ccc(F)cc3)c(Oc3ccc4ccccc4c3)nc12. The fourth-order valence-electron chi connectivity index (χ4n) is 8.50. The summed E-state index contributed by atoms with van der Waals surface area (Å²) in [7, 11) is 0. The van der Waals surface area contributed by atoms with Gasteiger partial charge in [-0.2, -0.15) is 20.5 Å². The summed E-state index contributed by atoms with van der Waals surface area (Å²) in [6, 6.07) is 60.4. The van der Waals surface area contributed by atoms with E-state index in [0.717, 1.165) is 21.5 Å². The van der Waals surface area contributed by atoms with Crippen LogP contribution in [0.3, 0.4) is 0 Å². The molecule has 0 atom stereocenters. The highest BCUT2D eigenvalue weighted by atomic mass is 19.1. The summed E-state index contributed by atoms with van der Waals surface area (Å²) in [6.45, 7) is 0. The third kappa shape index (κ3) is 8.23. The number of ether oxygens (including phenoxy) is 2. The number of nitrogens with zero attached hydrogens (tertiary/aromatic N) is 8. The van der Waals surface area contributed by atoms with E-state index in [-0.39, 0.29) is 45.2 Å². The lowest BCUT2D eigenvalue weighted by Crippen LogP contribution is -2.23. The summed E-state index contributed by atoms with van der Waals surface area (Å²) in [5, 5.41) is 23.6. The molecule has 0 N–H and O–H groups in total. The predicted octanol–water partition coefficient (Wildman–Crippen LogP) is 12.3. The molecule has 8 aromatic carbocycles. The van der Waals surface area contributed by atoms with Gasteiger partial charge in [-0.3, -0.25) is 9.59 Å². The summed E-state index contributed by atoms with van der Waals surface area (Å²) in [4.78, 5) is 37.2. The van der Waals surface area contributed by atoms with E-state index in [4.69, 9.17) is 9.47 Å². The zero-order chi connectivity index (χ0) is 49.3. The lowest BCUT2D eigenvalue weighted by molar-refractivity contribution is 0.427. The minimum Gasteiger partial charge on any atom is -0.425 e. The number of hydrogen-bond donors (Lipinski definition) is 0. The molecule has 0 aliphatic carbocycles. The van der Waals surface area contributed by atoms with Gasteiger partial charge in [0.25, 0.3) is 11.1 Å². The number of aromatic nitrogens is 6. The second-order valence-electron chi connectivity index (χ2n) is 16.4. The van der Waals surface area contributed by atoms with Crippen LogP contribution in [0.4, 0.5) is 8.78 Å². The van der Waals surface area contributed by atoms with Gasteiger partial charge in [-0.1, -0.05) is 97.1 Å². The molecule has 12 rings (SSSR count). The first-order chi connectivity index (χ1) is 35.2. The first kappa shape index (κ1) is 44.1. The van der Waals surface area contributed by atoms with Crippen molar-refractivity contribution in [2.45, 2.75) is 0 Å². The average Bonchev–Trinajstić information content (AvgIpc) is 3.99. The van der Waals surface area contributed by atoms with Gasteiger partial charge in [-0.15, -0.1) is 0 Å². The van der Waals surface area contributed by atoms with Gasteiger partial charge in [0, 0.05) is 23.8 Å². The Kier molecular flexibility index (Phi) is 11.4. The van der Waals surface area contributed by atoms with Crippen molar-refractivity contribution in [1.82, 2.24) is 28.2 Å². The third-order valence-corrected chi connectivity index (χ3v) is 11.9. The van der Waals surface area contributed by atoms with Gasteiger partial charge < -0.3 is 18.6 Å². The van der Waals surface area contributed by atoms with Crippen LogP contribution in [0.15, 0.2) is 216 Å². The topological polar surface area (TPSA) is 146 Å². The largest absolute Gasteiger partial charge is 0.425 e. The maximum atomic E-state index is 14.0. The van der Waals surface area contributed by atoms with Crippen LogP contribution >= 0.6 is 0 Å². The maximum absolute atomic E-state index is 14.0. The number of rotatable bonds is 8. The second kappa shape index (κ2) is 18.6. The molecule has 0 saturated heterocycles. The van der Waals surface area contributed by atoms with E-state index in [1.54, 1.807) is 33.7 Å². The van der Waals surface area contributed by atoms with Crippen LogP contribution in [0.2, 0.25) is 0 Å². The standard InChI is InChI=1S/2C29H17FN4O2/c2*30-22-11-13-24(14-12-22)34-28(35)27-26(21(17-31)18-33(27)23-8-2-1-3-9-23)32-29(34)36-25-15-10-19-6-4-5-7-20(19)16-25/h2*1-16,18H. The van der Waals surface area contributed by atoms with E-state index in [0.29, 0.717) is 34.2 Å². The van der Waals surface area contributed by atoms with Crippen molar-refractivity contribution in [1.29, 1.82) is 10.5 Å². The molecule has 0 saturated carbocycles. The van der Waals surface area contributed by atoms with Gasteiger partial charge in [0.2, 0.25) is 0 Å². The van der Waals surface area contributed by atoms with Crippen molar-refractivity contribution in [2.75, 3.05) is 0 Å². The first-order valence-corrected chi connectivity index (χ1v) is 22.4. The predicted molar refractivity (Wildman–Crippen MR) is 271 cm³/mol. The minimum absolute atomic E-state index is 0.0308. The molecule has 0 unspecified atom stereocenters. The van der Waals surface area contributed by atoms with E-state index in [1.165, 1.54) is 57.7 Å². The first-order valence-electron chi connectivity index (χ1n) is 22.4. The molecule has 12 aromatic rings. The number of hydrogen-bond acceptors (Lipinski definition) is 8. The summed E-state index contributed by atoms with van der Waals surface area (Å²) in [5.74, 6) is 0.0724. The van der Waals surface area contributed by atoms with Gasteiger partial charge in [0.1, 0.15) is 57.3 Å². The van der Waals surface area contributed by atoms with E-state index < -0.39 is 22.8 Å². The molecular formula is C58H34F2N8O4. The highest BCUT2D eigenvalue weighted by Gasteiger charge is 2.24. The van der Waals surface area contributed by atoms with E-state index in [9.17, 15) is 28.9 Å². The van der Waals surface area contributed by atoms with Crippen LogP contribution in [-0.4, -0.2) is 28.2 Å². The molecule has 4 aromatic heterocycles. The normalized spacial score (nSPS) is 11.0. The van der Waals surface area contributed by atoms with Crippen LogP contribution in [0.5, 0.6) is 23.5 Å². The number of nitriles is 2. The van der Waals surface area contributed by atoms with Gasteiger partial charge >= 0.3 is 12.0 Å². The summed E-state index contributed by atoms with van der Waals surface area (Å²) in [5.41, 5.74) is 2.62. The smallest absolute Gasteiger partial charge is 0.310 e. The molecule has 14 heteroatoms. The molecule has 72 heavy (non-hydrogen) atoms. The number of halogens is 2. The number of fused-ring (bicyclic) bond motifs is 4. The lowest BCUT2D eigenvalue weighted by atomic mass is 10.1. The molecule has 0 spiro atoms. The van der Waals surface area contributed by atoms with Crippen molar-refractivity contribution in [3.05, 3.63) is 250 Å². The van der Waals surface area contributed by atoms with Crippen molar-refractivity contribution < 1.29 is 18.3 Å². The third-order valence-electron chi connectivity index (χ3n) is 11.9. The molecule has 0 aliphatic rings. The minimum atomic E-state index is -0.451. The molecule has 0 bridgehead atoms. The summed E-state index contributed by atoms with van der Waals surface area (Å²) < 4.78 is 45.6. The van der Waals surface area contributed by atoms with Crippen molar-refractivity contribution in [3.8, 4) is 58.4 Å². The second-order valence-corrected chi connectivity index (χ2v) is 16.4. The van der Waals surface area contributed by atoms with Crippen LogP contribution in [0, 0.1) is 34.3 Å². The van der Waals surface area contributed by atoms with Crippen LogP contribution in [0.25, 0.3) is 66.4 Å². The van der Waals surface area contributed by atoms with Crippen molar-refractivity contribution in [3.63, 3.8) is 0 Å². The van der Waals surface area contributed by atoms with Crippen molar-refractivity contribution in [2.24, 2.45) is 0 Å². The Labute approximate surface area is 407 Å². The highest BCUT2D eigenvalue weighted by molar-refractivity contribution is 5.87. The average molecular weight is 945 g/mol. The van der Waals surface area contributed by atoms with Crippen LogP contribution in [0.1, 0.15) is 11.1 Å². The molecular weight excluding hydrogens is 911 g/mol. The fraction of sp³-hybridized carbons (Fsp3) is 0. The lowest BCUT2D eigenvalue weighted by Gasteiger charge is -2.14. The molecule has 12 nitrogen and oxygen atoms in total. The Bertz CT molecular complexity index is 3980. The Morgan fingerprint density at radius 1 is 0.417 bits per heavy atom. The van der Waals surface area contributed by atoms with Gasteiger partial charge in [0.15, 0.2) is 0 Å². The maximum Gasteiger partial charge on any atom is 0.310 e. The van der Waals surface area contributed by atoms with Gasteiger partial charge in [-0.25, -0.2) is 17.9 Å². The van der Waals surface area contributed by atoms with E-state index in [1.807, 2.05) is 133 Å². The molecule has 344 valence electrons. The highest BCUT2D eigenvalue weighted by Crippen LogP contribution is 2.32. The zero-order valence-corrected chi connectivity index (χ0v) is 37.6. The molecule has 0 amide bonds. The molecule has 0 fully saturated rings. The van der Waals surface area contributed by atoms with Crippen molar-refractivity contribution >= 4 is 43.6 Å². The van der Waals surface area contributed by atoms with E-state index in [2.05, 4.69) is 22.1 Å².